The van der Waals surface area contributed by atoms with Gasteiger partial charge in [0.1, 0.15) is 0 Å². The van der Waals surface area contributed by atoms with Gasteiger partial charge in [-0.2, -0.15) is 4.31 Å². The minimum atomic E-state index is -3.25. The summed E-state index contributed by atoms with van der Waals surface area (Å²) in [4.78, 5) is 12.5. The van der Waals surface area contributed by atoms with E-state index in [-0.39, 0.29) is 36.3 Å². The lowest BCUT2D eigenvalue weighted by Crippen LogP contribution is -2.48. The van der Waals surface area contributed by atoms with Crippen LogP contribution in [0.3, 0.4) is 0 Å². The molecule has 0 saturated carbocycles. The number of nitrogens with zero attached hydrogens (tertiary/aromatic N) is 1. The number of amides is 1. The number of carbonyl (C=O) groups excluding carboxylic acids is 1. The van der Waals surface area contributed by atoms with E-state index in [9.17, 15) is 13.2 Å². The molecule has 2 heterocycles. The number of hydrogen-bond donors (Lipinski definition) is 1. The summed E-state index contributed by atoms with van der Waals surface area (Å²) < 4.78 is 32.2. The van der Waals surface area contributed by atoms with Crippen molar-refractivity contribution in [2.24, 2.45) is 5.92 Å². The van der Waals surface area contributed by atoms with E-state index in [0.29, 0.717) is 25.9 Å². The van der Waals surface area contributed by atoms with Crippen molar-refractivity contribution in [3.8, 4) is 0 Å². The van der Waals surface area contributed by atoms with E-state index >= 15 is 0 Å². The zero-order valence-electron chi connectivity index (χ0n) is 14.6. The lowest BCUT2D eigenvalue weighted by atomic mass is 9.99. The molecule has 0 radical (unpaired) electrons. The number of carbonyl (C=O) groups is 1. The second kappa shape index (κ2) is 7.85. The fourth-order valence-corrected chi connectivity index (χ4v) is 5.18. The van der Waals surface area contributed by atoms with E-state index in [0.717, 1.165) is 12.0 Å². The van der Waals surface area contributed by atoms with Crippen molar-refractivity contribution in [3.63, 3.8) is 0 Å². The number of ether oxygens (including phenoxy) is 1. The summed E-state index contributed by atoms with van der Waals surface area (Å²) in [7, 11) is -3.25. The third-order valence-corrected chi connectivity index (χ3v) is 6.81. The van der Waals surface area contributed by atoms with Crippen LogP contribution in [-0.2, 0) is 26.1 Å². The first-order chi connectivity index (χ1) is 12.0. The van der Waals surface area contributed by atoms with Crippen LogP contribution in [-0.4, -0.2) is 49.7 Å². The zero-order valence-corrected chi connectivity index (χ0v) is 15.4. The Morgan fingerprint density at radius 3 is 2.76 bits per heavy atom. The minimum Gasteiger partial charge on any atom is -0.371 e. The number of nitrogens with one attached hydrogen (secondary N) is 1. The number of hydrogen-bond acceptors (Lipinski definition) is 4. The topological polar surface area (TPSA) is 75.7 Å². The van der Waals surface area contributed by atoms with Gasteiger partial charge in [-0.25, -0.2) is 8.42 Å². The second-order valence-corrected chi connectivity index (χ2v) is 8.92. The van der Waals surface area contributed by atoms with Crippen molar-refractivity contribution in [3.05, 3.63) is 35.9 Å². The molecule has 0 aromatic heterocycles. The van der Waals surface area contributed by atoms with Crippen LogP contribution in [0.25, 0.3) is 0 Å². The highest BCUT2D eigenvalue weighted by atomic mass is 32.2. The maximum absolute atomic E-state index is 12.5. The molecule has 1 aromatic rings. The Hall–Kier alpha value is -1.44. The summed E-state index contributed by atoms with van der Waals surface area (Å²) in [5.41, 5.74) is 1.04. The normalized spacial score (nSPS) is 26.5. The van der Waals surface area contributed by atoms with E-state index in [1.807, 2.05) is 37.3 Å². The summed E-state index contributed by atoms with van der Waals surface area (Å²) in [6.45, 7) is 3.11. The molecule has 2 bridgehead atoms. The van der Waals surface area contributed by atoms with Gasteiger partial charge in [-0.15, -0.1) is 0 Å². The number of morpholine rings is 1. The molecule has 6 nitrogen and oxygen atoms in total. The molecule has 1 aromatic carbocycles. The predicted molar refractivity (Wildman–Crippen MR) is 95.3 cm³/mol. The first-order valence-corrected chi connectivity index (χ1v) is 10.6. The van der Waals surface area contributed by atoms with E-state index < -0.39 is 10.0 Å². The number of sulfonamides is 1. The molecule has 1 amide bonds. The number of rotatable bonds is 7. The molecule has 0 aliphatic carbocycles. The van der Waals surface area contributed by atoms with Gasteiger partial charge in [-0.3, -0.25) is 4.79 Å². The molecule has 138 valence electrons. The van der Waals surface area contributed by atoms with Gasteiger partial charge in [0, 0.05) is 19.6 Å². The van der Waals surface area contributed by atoms with Crippen LogP contribution in [0.4, 0.5) is 0 Å². The Kier molecular flexibility index (Phi) is 5.76. The molecule has 25 heavy (non-hydrogen) atoms. The first-order valence-electron chi connectivity index (χ1n) is 8.94. The lowest BCUT2D eigenvalue weighted by molar-refractivity contribution is -0.127. The van der Waals surface area contributed by atoms with Gasteiger partial charge in [0.25, 0.3) is 0 Å². The van der Waals surface area contributed by atoms with Gasteiger partial charge < -0.3 is 10.1 Å². The van der Waals surface area contributed by atoms with Crippen LogP contribution < -0.4 is 5.32 Å². The molecule has 0 unspecified atom stereocenters. The maximum atomic E-state index is 12.5. The van der Waals surface area contributed by atoms with Crippen molar-refractivity contribution in [2.75, 3.05) is 18.8 Å². The third-order valence-electron chi connectivity index (χ3n) is 4.92. The second-order valence-electron chi connectivity index (χ2n) is 6.83. The molecule has 3 rings (SSSR count). The van der Waals surface area contributed by atoms with E-state index in [1.54, 1.807) is 0 Å². The van der Waals surface area contributed by atoms with Crippen molar-refractivity contribution >= 4 is 15.9 Å². The van der Waals surface area contributed by atoms with Crippen LogP contribution in [0.1, 0.15) is 31.7 Å². The highest BCUT2D eigenvalue weighted by Gasteiger charge is 2.47. The zero-order chi connectivity index (χ0) is 17.9. The van der Waals surface area contributed by atoms with E-state index in [2.05, 4.69) is 5.32 Å². The number of benzene rings is 1. The van der Waals surface area contributed by atoms with Gasteiger partial charge >= 0.3 is 0 Å². The van der Waals surface area contributed by atoms with Crippen LogP contribution >= 0.6 is 0 Å². The Morgan fingerprint density at radius 2 is 2.04 bits per heavy atom. The van der Waals surface area contributed by atoms with Crippen molar-refractivity contribution in [1.29, 1.82) is 0 Å². The summed E-state index contributed by atoms with van der Waals surface area (Å²) in [6.07, 6.45) is 1.58. The van der Waals surface area contributed by atoms with Crippen LogP contribution in [0, 0.1) is 5.92 Å². The third kappa shape index (κ3) is 4.40. The highest BCUT2D eigenvalue weighted by Crippen LogP contribution is 2.33. The summed E-state index contributed by atoms with van der Waals surface area (Å²) in [6, 6.07) is 9.74. The van der Waals surface area contributed by atoms with Gasteiger partial charge in [-0.1, -0.05) is 43.7 Å². The standard InChI is InChI=1S/C18H26N2O4S/c1-2-3-9-25(22,23)20-12-15-10-16(17(13-20)24-15)18(21)19-11-14-7-5-4-6-8-14/h4-8,15-17H,2-3,9-13H2,1H3,(H,19,21)/t15-,16+,17-/m1/s1. The summed E-state index contributed by atoms with van der Waals surface area (Å²) in [5, 5.41) is 2.95. The van der Waals surface area contributed by atoms with Gasteiger partial charge in [-0.05, 0) is 18.4 Å². The minimum absolute atomic E-state index is 0.0517. The average molecular weight is 366 g/mol. The van der Waals surface area contributed by atoms with Crippen LogP contribution in [0.2, 0.25) is 0 Å². The van der Waals surface area contributed by atoms with Crippen molar-refractivity contribution < 1.29 is 17.9 Å². The Morgan fingerprint density at radius 1 is 1.28 bits per heavy atom. The summed E-state index contributed by atoms with van der Waals surface area (Å²) >= 11 is 0. The van der Waals surface area contributed by atoms with Crippen LogP contribution in [0.5, 0.6) is 0 Å². The molecule has 2 saturated heterocycles. The van der Waals surface area contributed by atoms with Gasteiger partial charge in [0.15, 0.2) is 0 Å². The predicted octanol–water partition coefficient (Wildman–Crippen LogP) is 1.52. The quantitative estimate of drug-likeness (QED) is 0.794. The highest BCUT2D eigenvalue weighted by molar-refractivity contribution is 7.89. The average Bonchev–Trinajstić information content (AvgIpc) is 2.92. The molecular formula is C18H26N2O4S. The SMILES string of the molecule is CCCCS(=O)(=O)N1C[C@H]2C[C@H](C(=O)NCc3ccccc3)[C@@H](C1)O2. The van der Waals surface area contributed by atoms with Crippen molar-refractivity contribution in [1.82, 2.24) is 9.62 Å². The van der Waals surface area contributed by atoms with Gasteiger partial charge in [0.2, 0.25) is 15.9 Å². The molecule has 7 heteroatoms. The molecule has 2 fully saturated rings. The van der Waals surface area contributed by atoms with Crippen molar-refractivity contribution in [2.45, 2.75) is 44.9 Å². The first kappa shape index (κ1) is 18.4. The van der Waals surface area contributed by atoms with E-state index in [4.69, 9.17) is 4.74 Å². The Balaban J connectivity index is 1.58. The Bertz CT molecular complexity index is 692. The lowest BCUT2D eigenvalue weighted by Gasteiger charge is -2.32. The van der Waals surface area contributed by atoms with Crippen LogP contribution in [0.15, 0.2) is 30.3 Å². The fourth-order valence-electron chi connectivity index (χ4n) is 3.50. The maximum Gasteiger partial charge on any atom is 0.226 e. The molecule has 2 aliphatic heterocycles. The van der Waals surface area contributed by atoms with Gasteiger partial charge in [0.05, 0.1) is 23.9 Å². The summed E-state index contributed by atoms with van der Waals surface area (Å²) in [5.74, 6) is -0.155. The molecule has 3 atom stereocenters. The molecular weight excluding hydrogens is 340 g/mol. The fraction of sp³-hybridized carbons (Fsp3) is 0.611. The Labute approximate surface area is 149 Å². The molecule has 1 N–H and O–H groups in total. The monoisotopic (exact) mass is 366 g/mol. The number of unbranched alkanes of at least 4 members (excludes halogenated alkanes) is 1. The smallest absolute Gasteiger partial charge is 0.226 e. The largest absolute Gasteiger partial charge is 0.371 e. The molecule has 2 aliphatic rings. The number of fused-ring (bicyclic) bond motifs is 2. The molecule has 0 spiro atoms. The van der Waals surface area contributed by atoms with E-state index in [1.165, 1.54) is 4.31 Å².